The van der Waals surface area contributed by atoms with Crippen molar-refractivity contribution in [3.8, 4) is 11.4 Å². The Bertz CT molecular complexity index is 886. The molecule has 2 N–H and O–H groups in total. The number of benzene rings is 2. The van der Waals surface area contributed by atoms with Crippen molar-refractivity contribution in [3.63, 3.8) is 0 Å². The minimum Gasteiger partial charge on any atom is -0.497 e. The number of nitrogens with zero attached hydrogens (tertiary/aromatic N) is 2. The smallest absolute Gasteiger partial charge is 0.319 e. The summed E-state index contributed by atoms with van der Waals surface area (Å²) in [5.74, 6) is 0.746. The Balaban J connectivity index is 1.65. The third kappa shape index (κ3) is 3.85. The fourth-order valence-electron chi connectivity index (χ4n) is 2.77. The number of carbonyl (C=O) groups excluding carboxylic acids is 1. The number of ether oxygens (including phenoxy) is 1. The number of hydrogen-bond acceptors (Lipinski definition) is 3. The average Bonchev–Trinajstić information content (AvgIpc) is 2.95. The summed E-state index contributed by atoms with van der Waals surface area (Å²) < 4.78 is 7.00. The third-order valence-electron chi connectivity index (χ3n) is 4.22. The third-order valence-corrected chi connectivity index (χ3v) is 4.22. The Labute approximate surface area is 152 Å². The highest BCUT2D eigenvalue weighted by atomic mass is 16.5. The zero-order chi connectivity index (χ0) is 18.5. The van der Waals surface area contributed by atoms with Gasteiger partial charge in [-0.15, -0.1) is 0 Å². The molecule has 2 aromatic carbocycles. The quantitative estimate of drug-likeness (QED) is 0.735. The van der Waals surface area contributed by atoms with Crippen molar-refractivity contribution >= 4 is 11.7 Å². The van der Waals surface area contributed by atoms with Crippen molar-refractivity contribution in [2.75, 3.05) is 12.4 Å². The van der Waals surface area contributed by atoms with Gasteiger partial charge in [-0.25, -0.2) is 9.48 Å². The lowest BCUT2D eigenvalue weighted by Crippen LogP contribution is -2.28. The Morgan fingerprint density at radius 3 is 2.42 bits per heavy atom. The van der Waals surface area contributed by atoms with Crippen LogP contribution in [0.15, 0.2) is 54.6 Å². The summed E-state index contributed by atoms with van der Waals surface area (Å²) in [4.78, 5) is 12.2. The number of amides is 2. The van der Waals surface area contributed by atoms with Gasteiger partial charge < -0.3 is 15.4 Å². The van der Waals surface area contributed by atoms with E-state index in [0.717, 1.165) is 28.4 Å². The molecule has 3 aromatic rings. The minimum absolute atomic E-state index is 0.263. The molecule has 3 rings (SSSR count). The molecule has 0 unspecified atom stereocenters. The van der Waals surface area contributed by atoms with Crippen LogP contribution in [-0.4, -0.2) is 22.9 Å². The van der Waals surface area contributed by atoms with Crippen LogP contribution in [0.5, 0.6) is 5.75 Å². The average molecular weight is 350 g/mol. The molecule has 0 aliphatic heterocycles. The van der Waals surface area contributed by atoms with Gasteiger partial charge in [0.15, 0.2) is 0 Å². The van der Waals surface area contributed by atoms with E-state index < -0.39 is 0 Å². The van der Waals surface area contributed by atoms with E-state index in [0.29, 0.717) is 12.2 Å². The number of methoxy groups -OCH3 is 1. The predicted molar refractivity (Wildman–Crippen MR) is 102 cm³/mol. The molecule has 6 nitrogen and oxygen atoms in total. The molecule has 6 heteroatoms. The Morgan fingerprint density at radius 1 is 1.08 bits per heavy atom. The summed E-state index contributed by atoms with van der Waals surface area (Å²) in [6.07, 6.45) is 0. The van der Waals surface area contributed by atoms with Crippen molar-refractivity contribution in [1.82, 2.24) is 15.1 Å². The maximum atomic E-state index is 12.2. The van der Waals surface area contributed by atoms with Crippen LogP contribution in [0.4, 0.5) is 10.5 Å². The van der Waals surface area contributed by atoms with Crippen LogP contribution in [0.2, 0.25) is 0 Å². The summed E-state index contributed by atoms with van der Waals surface area (Å²) in [5.41, 5.74) is 4.63. The molecule has 0 radical (unpaired) electrons. The molecule has 2 amide bonds. The molecule has 1 heterocycles. The first kappa shape index (κ1) is 17.5. The van der Waals surface area contributed by atoms with Crippen LogP contribution >= 0.6 is 0 Å². The maximum absolute atomic E-state index is 12.2. The van der Waals surface area contributed by atoms with Gasteiger partial charge in [0.05, 0.1) is 18.5 Å². The molecule has 0 fully saturated rings. The lowest BCUT2D eigenvalue weighted by Gasteiger charge is -2.09. The summed E-state index contributed by atoms with van der Waals surface area (Å²) in [5, 5.41) is 10.3. The number of carbonyl (C=O) groups is 1. The van der Waals surface area contributed by atoms with Crippen molar-refractivity contribution < 1.29 is 9.53 Å². The van der Waals surface area contributed by atoms with Gasteiger partial charge in [0.25, 0.3) is 0 Å². The Kier molecular flexibility index (Phi) is 5.22. The molecule has 26 heavy (non-hydrogen) atoms. The Hall–Kier alpha value is -3.28. The number of aryl methyl sites for hydroxylation is 1. The fraction of sp³-hybridized carbons (Fsp3) is 0.200. The number of urea groups is 1. The van der Waals surface area contributed by atoms with E-state index in [-0.39, 0.29) is 6.03 Å². The molecule has 0 aliphatic carbocycles. The zero-order valence-corrected chi connectivity index (χ0v) is 15.1. The number of para-hydroxylation sites is 1. The van der Waals surface area contributed by atoms with Crippen molar-refractivity contribution in [1.29, 1.82) is 0 Å². The van der Waals surface area contributed by atoms with E-state index in [1.807, 2.05) is 48.9 Å². The van der Waals surface area contributed by atoms with Crippen molar-refractivity contribution in [2.24, 2.45) is 0 Å². The first-order valence-electron chi connectivity index (χ1n) is 8.38. The van der Waals surface area contributed by atoms with Crippen LogP contribution in [0.1, 0.15) is 17.0 Å². The van der Waals surface area contributed by atoms with E-state index in [9.17, 15) is 4.79 Å². The van der Waals surface area contributed by atoms with Crippen molar-refractivity contribution in [2.45, 2.75) is 20.4 Å². The number of nitrogens with one attached hydrogen (secondary N) is 2. The highest BCUT2D eigenvalue weighted by Crippen LogP contribution is 2.18. The lowest BCUT2D eigenvalue weighted by molar-refractivity contribution is 0.251. The molecule has 0 atom stereocenters. The van der Waals surface area contributed by atoms with Crippen LogP contribution in [0, 0.1) is 13.8 Å². The fourth-order valence-corrected chi connectivity index (χ4v) is 2.77. The second kappa shape index (κ2) is 7.74. The van der Waals surface area contributed by atoms with E-state index >= 15 is 0 Å². The topological polar surface area (TPSA) is 68.2 Å². The summed E-state index contributed by atoms with van der Waals surface area (Å²) in [6, 6.07) is 16.9. The highest BCUT2D eigenvalue weighted by Gasteiger charge is 2.13. The molecule has 0 saturated heterocycles. The molecule has 0 aliphatic rings. The Morgan fingerprint density at radius 2 is 1.77 bits per heavy atom. The number of rotatable bonds is 5. The van der Waals surface area contributed by atoms with E-state index in [1.54, 1.807) is 31.4 Å². The molecule has 0 spiro atoms. The van der Waals surface area contributed by atoms with Crippen LogP contribution < -0.4 is 15.4 Å². The molecule has 0 saturated carbocycles. The highest BCUT2D eigenvalue weighted by molar-refractivity contribution is 5.89. The number of hydrogen-bond donors (Lipinski definition) is 2. The van der Waals surface area contributed by atoms with E-state index in [2.05, 4.69) is 15.7 Å². The van der Waals surface area contributed by atoms with Crippen molar-refractivity contribution in [3.05, 3.63) is 71.5 Å². The van der Waals surface area contributed by atoms with Gasteiger partial charge in [0.1, 0.15) is 5.75 Å². The lowest BCUT2D eigenvalue weighted by atomic mass is 10.2. The summed E-state index contributed by atoms with van der Waals surface area (Å²) in [7, 11) is 1.61. The van der Waals surface area contributed by atoms with Gasteiger partial charge in [-0.3, -0.25) is 0 Å². The van der Waals surface area contributed by atoms with Crippen LogP contribution in [0.25, 0.3) is 5.69 Å². The largest absolute Gasteiger partial charge is 0.497 e. The molecule has 1 aromatic heterocycles. The number of anilines is 1. The van der Waals surface area contributed by atoms with Gasteiger partial charge in [0, 0.05) is 23.5 Å². The second-order valence-corrected chi connectivity index (χ2v) is 5.93. The van der Waals surface area contributed by atoms with Gasteiger partial charge in [-0.05, 0) is 50.2 Å². The van der Waals surface area contributed by atoms with E-state index in [4.69, 9.17) is 4.74 Å². The zero-order valence-electron chi connectivity index (χ0n) is 15.1. The van der Waals surface area contributed by atoms with Gasteiger partial charge in [0.2, 0.25) is 0 Å². The number of aromatic nitrogens is 2. The minimum atomic E-state index is -0.263. The van der Waals surface area contributed by atoms with Gasteiger partial charge in [-0.1, -0.05) is 18.2 Å². The summed E-state index contributed by atoms with van der Waals surface area (Å²) >= 11 is 0. The molecule has 0 bridgehead atoms. The maximum Gasteiger partial charge on any atom is 0.319 e. The first-order valence-corrected chi connectivity index (χ1v) is 8.38. The van der Waals surface area contributed by atoms with Gasteiger partial charge >= 0.3 is 6.03 Å². The second-order valence-electron chi connectivity index (χ2n) is 5.93. The SMILES string of the molecule is COc1ccc(NC(=O)NCc2c(C)nn(-c3ccccc3)c2C)cc1. The standard InChI is InChI=1S/C20H22N4O2/c1-14-19(15(2)24(23-14)17-7-5-4-6-8-17)13-21-20(25)22-16-9-11-18(26-3)12-10-16/h4-12H,13H2,1-3H3,(H2,21,22,25). The van der Waals surface area contributed by atoms with Crippen LogP contribution in [0.3, 0.4) is 0 Å². The normalized spacial score (nSPS) is 10.4. The predicted octanol–water partition coefficient (Wildman–Crippen LogP) is 3.82. The van der Waals surface area contributed by atoms with Gasteiger partial charge in [-0.2, -0.15) is 5.10 Å². The molecular formula is C20H22N4O2. The molecular weight excluding hydrogens is 328 g/mol. The molecule has 134 valence electrons. The summed E-state index contributed by atoms with van der Waals surface area (Å²) in [6.45, 7) is 4.36. The van der Waals surface area contributed by atoms with E-state index in [1.165, 1.54) is 0 Å². The first-order chi connectivity index (χ1) is 12.6. The van der Waals surface area contributed by atoms with Crippen LogP contribution in [-0.2, 0) is 6.54 Å². The monoisotopic (exact) mass is 350 g/mol.